The molecule has 12 aromatic heterocycles. The van der Waals surface area contributed by atoms with Crippen molar-refractivity contribution in [3.05, 3.63) is 293 Å². The predicted molar refractivity (Wildman–Crippen MR) is 377 cm³/mol. The van der Waals surface area contributed by atoms with Crippen LogP contribution in [-0.2, 0) is 74.6 Å². The summed E-state index contributed by atoms with van der Waals surface area (Å²) in [7, 11) is -27.5. The maximum atomic E-state index is 10.7. The molecule has 0 N–H and O–H groups in total. The molecule has 110 heavy (non-hydrogen) atoms. The Balaban J connectivity index is 0.000000335. The molecule has 46 heteroatoms. The van der Waals surface area contributed by atoms with E-state index >= 15 is 0 Å². The van der Waals surface area contributed by atoms with Crippen molar-refractivity contribution < 1.29 is 139 Å². The Hall–Kier alpha value is -8.64. The summed E-state index contributed by atoms with van der Waals surface area (Å²) in [5.74, 6) is 0. The number of aromatic nitrogens is 12. The van der Waals surface area contributed by atoms with Crippen LogP contribution in [0.3, 0.4) is 0 Å². The molecule has 0 bridgehead atoms. The number of alkyl halides is 12. The SMILES string of the molecule is O=S(=O)([O-])C(F)(F)F.O=S(=O)([O-])C(F)(F)F.O=S(=O)([O-])C(F)(F)F.O=S(=O)([O-])C(F)(F)F.[Fe+2].[Fe+2].c1ccc(P(c2ccccn2)c2ccccn2)nc1.c1ccc(P(c2ccccn2)c2ccccn2)nc1.c1ccc(P(c2ccccn2)c2ccccn2)nc1.c1ccc(P(c2ccccn2)c2ccccn2)nc1. The van der Waals surface area contributed by atoms with Crippen LogP contribution in [0.25, 0.3) is 0 Å². The molecule has 0 amide bonds. The normalized spacial score (nSPS) is 11.4. The van der Waals surface area contributed by atoms with Gasteiger partial charge in [0, 0.05) is 106 Å². The van der Waals surface area contributed by atoms with Crippen LogP contribution < -0.4 is 65.2 Å². The quantitative estimate of drug-likeness (QED) is 0.0402. The molecule has 0 atom stereocenters. The summed E-state index contributed by atoms with van der Waals surface area (Å²) < 4.78 is 236. The van der Waals surface area contributed by atoms with Gasteiger partial charge in [-0.25, -0.2) is 33.7 Å². The number of halogens is 12. The minimum Gasteiger partial charge on any atom is -0.741 e. The summed E-state index contributed by atoms with van der Waals surface area (Å²) in [5.41, 5.74) is -10.3. The minimum atomic E-state index is -6.09. The van der Waals surface area contributed by atoms with Gasteiger partial charge in [0.1, 0.15) is 0 Å². The Bertz CT molecular complexity index is 4060. The fourth-order valence-corrected chi connectivity index (χ4v) is 15.1. The van der Waals surface area contributed by atoms with E-state index in [-0.39, 0.29) is 34.1 Å². The largest absolute Gasteiger partial charge is 2.00 e. The molecule has 580 valence electrons. The Morgan fingerprint density at radius 2 is 0.264 bits per heavy atom. The van der Waals surface area contributed by atoms with Gasteiger partial charge in [-0.2, -0.15) is 52.7 Å². The molecule has 0 aromatic carbocycles. The van der Waals surface area contributed by atoms with Crippen LogP contribution in [0.5, 0.6) is 0 Å². The van der Waals surface area contributed by atoms with Crippen LogP contribution in [0.15, 0.2) is 293 Å². The van der Waals surface area contributed by atoms with Crippen LogP contribution >= 0.6 is 31.7 Å². The molecule has 12 aromatic rings. The third-order valence-electron chi connectivity index (χ3n) is 11.7. The van der Waals surface area contributed by atoms with Gasteiger partial charge in [-0.15, -0.1) is 0 Å². The van der Waals surface area contributed by atoms with Crippen LogP contribution in [0.1, 0.15) is 0 Å². The Labute approximate surface area is 646 Å². The average molecular weight is 1770 g/mol. The van der Waals surface area contributed by atoms with Gasteiger partial charge in [0.2, 0.25) is 0 Å². The maximum absolute atomic E-state index is 10.7. The first-order chi connectivity index (χ1) is 50.8. The van der Waals surface area contributed by atoms with Gasteiger partial charge in [0.15, 0.2) is 40.5 Å². The standard InChI is InChI=1S/4C15H12N3P.4CHF3O3S.2Fe/c4*1-4-10-16-13(7-1)19(14-8-2-5-11-17-14)15-9-3-6-12-18-15;4*2-1(3,4)8(5,6)7;;/h4*1-12H;4*(H,5,6,7);;/q;;;;;;;;2*+2/p-4. The van der Waals surface area contributed by atoms with E-state index in [1.165, 1.54) is 0 Å². The molecule has 0 radical (unpaired) electrons. The van der Waals surface area contributed by atoms with E-state index in [1.54, 1.807) is 0 Å². The molecule has 12 rings (SSSR count). The molecule has 12 heterocycles. The third kappa shape index (κ3) is 32.7. The van der Waals surface area contributed by atoms with Crippen molar-refractivity contribution in [2.24, 2.45) is 0 Å². The van der Waals surface area contributed by atoms with Gasteiger partial charge < -0.3 is 18.2 Å². The van der Waals surface area contributed by atoms with Crippen LogP contribution in [0.4, 0.5) is 52.7 Å². The molecular formula is C64H48F12Fe2N12O12P4S4. The number of pyridine rings is 12. The fourth-order valence-electron chi connectivity index (χ4n) is 7.24. The van der Waals surface area contributed by atoms with Gasteiger partial charge >= 0.3 is 56.2 Å². The van der Waals surface area contributed by atoms with Crippen molar-refractivity contribution in [3.63, 3.8) is 0 Å². The van der Waals surface area contributed by atoms with Crippen molar-refractivity contribution in [1.82, 2.24) is 59.8 Å². The van der Waals surface area contributed by atoms with E-state index in [1.807, 2.05) is 293 Å². The average Bonchev–Trinajstić information content (AvgIpc) is 0.827. The smallest absolute Gasteiger partial charge is 0.741 e. The minimum absolute atomic E-state index is 0. The molecule has 0 aliphatic carbocycles. The van der Waals surface area contributed by atoms with Gasteiger partial charge in [-0.05, 0) is 146 Å². The van der Waals surface area contributed by atoms with Crippen molar-refractivity contribution in [2.45, 2.75) is 22.0 Å². The maximum Gasteiger partial charge on any atom is 2.00 e. The molecular weight excluding hydrogens is 1720 g/mol. The topological polar surface area (TPSA) is 383 Å². The monoisotopic (exact) mass is 1770 g/mol. The van der Waals surface area contributed by atoms with Crippen molar-refractivity contribution in [2.75, 3.05) is 0 Å². The molecule has 0 aliphatic rings. The van der Waals surface area contributed by atoms with E-state index < -0.39 is 94.2 Å². The molecule has 0 aliphatic heterocycles. The molecule has 0 saturated heterocycles. The fraction of sp³-hybridized carbons (Fsp3) is 0.0625. The van der Waals surface area contributed by atoms with Gasteiger partial charge in [0.05, 0.1) is 65.2 Å². The van der Waals surface area contributed by atoms with E-state index in [4.69, 9.17) is 51.9 Å². The van der Waals surface area contributed by atoms with E-state index in [2.05, 4.69) is 59.8 Å². The second-order valence-corrected chi connectivity index (χ2v) is 32.9. The first-order valence-corrected chi connectivity index (χ1v) is 40.0. The zero-order valence-corrected chi connectivity index (χ0v) is 63.7. The number of hydrogen-bond acceptors (Lipinski definition) is 24. The van der Waals surface area contributed by atoms with Gasteiger partial charge in [0.25, 0.3) is 0 Å². The molecule has 0 spiro atoms. The number of hydrogen-bond donors (Lipinski definition) is 0. The van der Waals surface area contributed by atoms with Gasteiger partial charge in [-0.3, -0.25) is 59.8 Å². The predicted octanol–water partition coefficient (Wildman–Crippen LogP) is 6.72. The van der Waals surface area contributed by atoms with Crippen molar-refractivity contribution in [3.8, 4) is 0 Å². The summed E-state index contributed by atoms with van der Waals surface area (Å²) in [6, 6.07) is 71.6. The number of nitrogens with zero attached hydrogens (tertiary/aromatic N) is 12. The van der Waals surface area contributed by atoms with Crippen LogP contribution in [0.2, 0.25) is 0 Å². The molecule has 0 fully saturated rings. The summed E-state index contributed by atoms with van der Waals surface area (Å²) >= 11 is 0. The first-order valence-electron chi connectivity index (χ1n) is 29.0. The van der Waals surface area contributed by atoms with Crippen LogP contribution in [0, 0.1) is 0 Å². The van der Waals surface area contributed by atoms with E-state index in [0.717, 1.165) is 65.2 Å². The summed E-state index contributed by atoms with van der Waals surface area (Å²) in [6.45, 7) is 0. The summed E-state index contributed by atoms with van der Waals surface area (Å²) in [5, 5.41) is 0. The van der Waals surface area contributed by atoms with E-state index in [9.17, 15) is 52.7 Å². The van der Waals surface area contributed by atoms with Crippen molar-refractivity contribution in [1.29, 1.82) is 0 Å². The Morgan fingerprint density at radius 1 is 0.191 bits per heavy atom. The second-order valence-electron chi connectivity index (χ2n) is 19.2. The first kappa shape index (κ1) is 95.6. The molecule has 24 nitrogen and oxygen atoms in total. The van der Waals surface area contributed by atoms with E-state index in [0.29, 0.717) is 0 Å². The van der Waals surface area contributed by atoms with Gasteiger partial charge in [-0.1, -0.05) is 72.8 Å². The van der Waals surface area contributed by atoms with Crippen molar-refractivity contribution >= 4 is 137 Å². The second kappa shape index (κ2) is 45.6. The molecule has 0 saturated carbocycles. The van der Waals surface area contributed by atoms with Crippen LogP contribution in [-0.4, -0.2) is 134 Å². The Morgan fingerprint density at radius 3 is 0.309 bits per heavy atom. The summed E-state index contributed by atoms with van der Waals surface area (Å²) in [4.78, 5) is 53.8. The Kier molecular flexibility index (Phi) is 39.6. The summed E-state index contributed by atoms with van der Waals surface area (Å²) in [6.07, 6.45) is 21.8. The zero-order valence-electron chi connectivity index (χ0n) is 54.6. The third-order valence-corrected chi connectivity index (χ3v) is 22.6. The zero-order chi connectivity index (χ0) is 79.7. The number of rotatable bonds is 12. The molecule has 0 unspecified atom stereocenters.